The Morgan fingerprint density at radius 1 is 1.29 bits per heavy atom. The molecule has 1 aliphatic rings. The number of hydrogen-bond acceptors (Lipinski definition) is 6. The molecule has 2 aromatic rings. The molecule has 1 fully saturated rings. The van der Waals surface area contributed by atoms with Crippen molar-refractivity contribution >= 4 is 29.0 Å². The van der Waals surface area contributed by atoms with Crippen LogP contribution in [0.4, 0.5) is 5.95 Å². The molecule has 1 N–H and O–H groups in total. The third kappa shape index (κ3) is 3.37. The van der Waals surface area contributed by atoms with Gasteiger partial charge in [0, 0.05) is 5.92 Å². The largest absolute Gasteiger partial charge is 0.468 e. The van der Waals surface area contributed by atoms with Crippen LogP contribution in [0, 0.1) is 12.8 Å². The Morgan fingerprint density at radius 2 is 2.04 bits per heavy atom. The van der Waals surface area contributed by atoms with Crippen LogP contribution in [-0.2, 0) is 20.9 Å². The zero-order valence-electron chi connectivity index (χ0n) is 13.9. The van der Waals surface area contributed by atoms with Gasteiger partial charge in [0.25, 0.3) is 0 Å². The summed E-state index contributed by atoms with van der Waals surface area (Å²) in [6, 6.07) is 0. The van der Waals surface area contributed by atoms with Crippen LogP contribution in [0.3, 0.4) is 0 Å². The average molecular weight is 331 g/mol. The first-order valence-corrected chi connectivity index (χ1v) is 8.15. The molecule has 1 saturated carbocycles. The number of imidazole rings is 1. The van der Waals surface area contributed by atoms with Gasteiger partial charge in [-0.3, -0.25) is 14.9 Å². The second-order valence-corrected chi connectivity index (χ2v) is 6.08. The van der Waals surface area contributed by atoms with Gasteiger partial charge in [0.1, 0.15) is 12.1 Å². The van der Waals surface area contributed by atoms with E-state index in [-0.39, 0.29) is 24.3 Å². The number of anilines is 1. The minimum Gasteiger partial charge on any atom is -0.468 e. The molecule has 24 heavy (non-hydrogen) atoms. The number of rotatable bonds is 4. The molecule has 8 heteroatoms. The standard InChI is InChI=1S/C16H21N5O3/c1-10-13-14(21(9-17-13)8-12(22)24-2)19-16(18-10)20-15(23)11-6-4-3-5-7-11/h9,11H,3-8H2,1-2H3,(H,18,19,20,23). The Balaban J connectivity index is 1.84. The van der Waals surface area contributed by atoms with Crippen LogP contribution < -0.4 is 5.32 Å². The van der Waals surface area contributed by atoms with Crippen molar-refractivity contribution in [3.05, 3.63) is 12.0 Å². The molecular formula is C16H21N5O3. The lowest BCUT2D eigenvalue weighted by Gasteiger charge is -2.20. The number of fused-ring (bicyclic) bond motifs is 1. The van der Waals surface area contributed by atoms with Crippen molar-refractivity contribution in [2.75, 3.05) is 12.4 Å². The van der Waals surface area contributed by atoms with Gasteiger partial charge in [-0.25, -0.2) is 9.97 Å². The predicted octanol–water partition coefficient (Wildman–Crippen LogP) is 1.83. The van der Waals surface area contributed by atoms with Gasteiger partial charge < -0.3 is 9.30 Å². The maximum atomic E-state index is 12.4. The lowest BCUT2D eigenvalue weighted by Crippen LogP contribution is -2.26. The Hall–Kier alpha value is -2.51. The number of carbonyl (C=O) groups excluding carboxylic acids is 2. The Kier molecular flexibility index (Phi) is 4.73. The van der Waals surface area contributed by atoms with E-state index in [2.05, 4.69) is 25.0 Å². The summed E-state index contributed by atoms with van der Waals surface area (Å²) in [6.07, 6.45) is 6.71. The van der Waals surface area contributed by atoms with Gasteiger partial charge >= 0.3 is 5.97 Å². The van der Waals surface area contributed by atoms with Crippen LogP contribution >= 0.6 is 0 Å². The molecule has 0 atom stereocenters. The summed E-state index contributed by atoms with van der Waals surface area (Å²) in [5.74, 6) is -0.147. The van der Waals surface area contributed by atoms with Crippen molar-refractivity contribution in [1.29, 1.82) is 0 Å². The van der Waals surface area contributed by atoms with E-state index < -0.39 is 5.97 Å². The minimum atomic E-state index is -0.390. The number of aryl methyl sites for hydroxylation is 1. The summed E-state index contributed by atoms with van der Waals surface area (Å²) in [5.41, 5.74) is 1.77. The molecule has 1 amide bonds. The highest BCUT2D eigenvalue weighted by atomic mass is 16.5. The number of carbonyl (C=O) groups is 2. The van der Waals surface area contributed by atoms with Crippen LogP contribution in [0.1, 0.15) is 37.8 Å². The molecule has 0 saturated heterocycles. The van der Waals surface area contributed by atoms with Crippen LogP contribution in [0.2, 0.25) is 0 Å². The lowest BCUT2D eigenvalue weighted by molar-refractivity contribution is -0.141. The molecule has 0 unspecified atom stereocenters. The summed E-state index contributed by atoms with van der Waals surface area (Å²) in [7, 11) is 1.33. The highest BCUT2D eigenvalue weighted by Crippen LogP contribution is 2.25. The maximum Gasteiger partial charge on any atom is 0.325 e. The zero-order valence-corrected chi connectivity index (χ0v) is 13.9. The van der Waals surface area contributed by atoms with Crippen LogP contribution in [0.5, 0.6) is 0 Å². The fraction of sp³-hybridized carbons (Fsp3) is 0.562. The maximum absolute atomic E-state index is 12.4. The van der Waals surface area contributed by atoms with Crippen LogP contribution in [0.15, 0.2) is 6.33 Å². The first kappa shape index (κ1) is 16.4. The molecule has 3 rings (SSSR count). The molecule has 2 heterocycles. The average Bonchev–Trinajstić information content (AvgIpc) is 2.99. The van der Waals surface area contributed by atoms with Gasteiger partial charge in [-0.1, -0.05) is 19.3 Å². The molecule has 0 aromatic carbocycles. The predicted molar refractivity (Wildman–Crippen MR) is 87.3 cm³/mol. The van der Waals surface area contributed by atoms with E-state index in [0.717, 1.165) is 25.7 Å². The van der Waals surface area contributed by atoms with E-state index in [1.165, 1.54) is 19.9 Å². The van der Waals surface area contributed by atoms with E-state index in [9.17, 15) is 9.59 Å². The molecule has 128 valence electrons. The number of ether oxygens (including phenoxy) is 1. The Morgan fingerprint density at radius 3 is 2.75 bits per heavy atom. The molecule has 0 bridgehead atoms. The number of nitrogens with zero attached hydrogens (tertiary/aromatic N) is 4. The molecule has 1 aliphatic carbocycles. The van der Waals surface area contributed by atoms with Crippen molar-refractivity contribution in [2.45, 2.75) is 45.6 Å². The summed E-state index contributed by atoms with van der Waals surface area (Å²) in [5, 5.41) is 2.81. The first-order chi connectivity index (χ1) is 11.6. The first-order valence-electron chi connectivity index (χ1n) is 8.15. The summed E-state index contributed by atoms with van der Waals surface area (Å²) < 4.78 is 6.27. The van der Waals surface area contributed by atoms with Gasteiger partial charge in [-0.2, -0.15) is 4.98 Å². The summed E-state index contributed by atoms with van der Waals surface area (Å²) in [4.78, 5) is 36.8. The Bertz CT molecular complexity index is 764. The number of nitrogens with one attached hydrogen (secondary N) is 1. The van der Waals surface area contributed by atoms with Gasteiger partial charge in [0.05, 0.1) is 19.1 Å². The van der Waals surface area contributed by atoms with Crippen molar-refractivity contribution in [2.24, 2.45) is 5.92 Å². The minimum absolute atomic E-state index is 0.0134. The fourth-order valence-electron chi connectivity index (χ4n) is 3.04. The Labute approximate surface area is 139 Å². The third-order valence-electron chi connectivity index (χ3n) is 4.38. The van der Waals surface area contributed by atoms with Gasteiger partial charge in [-0.05, 0) is 19.8 Å². The highest BCUT2D eigenvalue weighted by Gasteiger charge is 2.22. The quantitative estimate of drug-likeness (QED) is 0.858. The van der Waals surface area contributed by atoms with Crippen molar-refractivity contribution in [3.63, 3.8) is 0 Å². The SMILES string of the molecule is COC(=O)Cn1cnc2c(C)nc(NC(=O)C3CCCCC3)nc21. The van der Waals surface area contributed by atoms with Gasteiger partial charge in [-0.15, -0.1) is 0 Å². The van der Waals surface area contributed by atoms with Crippen LogP contribution in [0.25, 0.3) is 11.2 Å². The smallest absolute Gasteiger partial charge is 0.325 e. The van der Waals surface area contributed by atoms with Crippen molar-refractivity contribution < 1.29 is 14.3 Å². The number of esters is 1. The zero-order chi connectivity index (χ0) is 17.1. The normalized spacial score (nSPS) is 15.4. The highest BCUT2D eigenvalue weighted by molar-refractivity contribution is 5.91. The molecule has 0 spiro atoms. The second-order valence-electron chi connectivity index (χ2n) is 6.08. The van der Waals surface area contributed by atoms with E-state index in [0.29, 0.717) is 16.9 Å². The number of amides is 1. The summed E-state index contributed by atoms with van der Waals surface area (Å²) >= 11 is 0. The van der Waals surface area contributed by atoms with E-state index >= 15 is 0 Å². The molecule has 2 aromatic heterocycles. The second kappa shape index (κ2) is 6.94. The van der Waals surface area contributed by atoms with Gasteiger partial charge in [0.15, 0.2) is 5.65 Å². The number of aromatic nitrogens is 4. The molecule has 0 radical (unpaired) electrons. The summed E-state index contributed by atoms with van der Waals surface area (Å²) in [6.45, 7) is 1.81. The lowest BCUT2D eigenvalue weighted by atomic mass is 9.89. The van der Waals surface area contributed by atoms with Gasteiger partial charge in [0.2, 0.25) is 11.9 Å². The third-order valence-corrected chi connectivity index (χ3v) is 4.38. The van der Waals surface area contributed by atoms with E-state index in [4.69, 9.17) is 0 Å². The number of hydrogen-bond donors (Lipinski definition) is 1. The molecular weight excluding hydrogens is 310 g/mol. The van der Waals surface area contributed by atoms with E-state index in [1.54, 1.807) is 11.5 Å². The van der Waals surface area contributed by atoms with Crippen LogP contribution in [-0.4, -0.2) is 38.5 Å². The molecule has 0 aliphatic heterocycles. The van der Waals surface area contributed by atoms with Crippen molar-refractivity contribution in [3.8, 4) is 0 Å². The monoisotopic (exact) mass is 331 g/mol. The topological polar surface area (TPSA) is 99.0 Å². The van der Waals surface area contributed by atoms with E-state index in [1.807, 2.05) is 0 Å². The van der Waals surface area contributed by atoms with Crippen molar-refractivity contribution in [1.82, 2.24) is 19.5 Å². The fourth-order valence-corrected chi connectivity index (χ4v) is 3.04. The molecule has 8 nitrogen and oxygen atoms in total. The number of methoxy groups -OCH3 is 1.